The summed E-state index contributed by atoms with van der Waals surface area (Å²) in [4.78, 5) is 0. The first-order valence-electron chi connectivity index (χ1n) is 6.23. The summed E-state index contributed by atoms with van der Waals surface area (Å²) in [5, 5.41) is 1.48. The van der Waals surface area contributed by atoms with Crippen LogP contribution in [0.25, 0.3) is 0 Å². The first-order chi connectivity index (χ1) is 7.53. The number of hydrogen-bond acceptors (Lipinski definition) is 1. The lowest BCUT2D eigenvalue weighted by atomic mass is 10.1. The molecule has 0 spiro atoms. The SMILES string of the molecule is CCCCc1ccccc1[SiH2]OC(C)(C)C. The fourth-order valence-electron chi connectivity index (χ4n) is 1.60. The summed E-state index contributed by atoms with van der Waals surface area (Å²) in [6, 6.07) is 8.76. The van der Waals surface area contributed by atoms with Crippen LogP contribution >= 0.6 is 0 Å². The van der Waals surface area contributed by atoms with Crippen molar-refractivity contribution < 1.29 is 4.43 Å². The van der Waals surface area contributed by atoms with Crippen molar-refractivity contribution in [1.82, 2.24) is 0 Å². The number of unbranched alkanes of at least 4 members (excludes halogenated alkanes) is 1. The van der Waals surface area contributed by atoms with Crippen molar-refractivity contribution >= 4 is 14.9 Å². The normalized spacial score (nSPS) is 12.5. The van der Waals surface area contributed by atoms with Crippen LogP contribution in [0.1, 0.15) is 46.1 Å². The molecule has 0 unspecified atom stereocenters. The maximum Gasteiger partial charge on any atom is 0.193 e. The van der Waals surface area contributed by atoms with Crippen molar-refractivity contribution in [3.05, 3.63) is 29.8 Å². The predicted molar refractivity (Wildman–Crippen MR) is 74.1 cm³/mol. The third-order valence-corrected chi connectivity index (χ3v) is 4.59. The Morgan fingerprint density at radius 2 is 1.88 bits per heavy atom. The van der Waals surface area contributed by atoms with Gasteiger partial charge >= 0.3 is 0 Å². The topological polar surface area (TPSA) is 9.23 Å². The molecule has 90 valence electrons. The Hall–Kier alpha value is -0.603. The standard InChI is InChI=1S/C14H24OSi/c1-5-6-9-12-10-7-8-11-13(12)16-15-14(2,3)4/h7-8,10-11H,5-6,9,16H2,1-4H3. The van der Waals surface area contributed by atoms with Gasteiger partial charge in [0.05, 0.1) is 0 Å². The van der Waals surface area contributed by atoms with Crippen molar-refractivity contribution in [2.45, 2.75) is 52.6 Å². The molecular weight excluding hydrogens is 212 g/mol. The van der Waals surface area contributed by atoms with Crippen LogP contribution in [0.3, 0.4) is 0 Å². The molecule has 1 rings (SSSR count). The highest BCUT2D eigenvalue weighted by atomic mass is 28.2. The Morgan fingerprint density at radius 3 is 2.50 bits per heavy atom. The highest BCUT2D eigenvalue weighted by molar-refractivity contribution is 6.47. The third kappa shape index (κ3) is 4.95. The smallest absolute Gasteiger partial charge is 0.193 e. The Labute approximate surface area is 102 Å². The minimum Gasteiger partial charge on any atom is -0.414 e. The van der Waals surface area contributed by atoms with E-state index < -0.39 is 9.76 Å². The van der Waals surface area contributed by atoms with Gasteiger partial charge in [-0.25, -0.2) is 0 Å². The van der Waals surface area contributed by atoms with Gasteiger partial charge in [0.2, 0.25) is 0 Å². The lowest BCUT2D eigenvalue weighted by Gasteiger charge is -2.21. The van der Waals surface area contributed by atoms with Gasteiger partial charge in [-0.2, -0.15) is 0 Å². The molecule has 0 aromatic heterocycles. The first kappa shape index (κ1) is 13.5. The van der Waals surface area contributed by atoms with E-state index in [9.17, 15) is 0 Å². The van der Waals surface area contributed by atoms with Crippen LogP contribution in [0.5, 0.6) is 0 Å². The monoisotopic (exact) mass is 236 g/mol. The summed E-state index contributed by atoms with van der Waals surface area (Å²) in [6.45, 7) is 8.64. The summed E-state index contributed by atoms with van der Waals surface area (Å²) in [5.41, 5.74) is 1.50. The van der Waals surface area contributed by atoms with Gasteiger partial charge in [0.15, 0.2) is 9.76 Å². The zero-order valence-corrected chi connectivity index (χ0v) is 12.5. The van der Waals surface area contributed by atoms with Crippen LogP contribution in [0.2, 0.25) is 0 Å². The van der Waals surface area contributed by atoms with Crippen LogP contribution in [0.15, 0.2) is 24.3 Å². The molecule has 0 radical (unpaired) electrons. The Balaban J connectivity index is 2.63. The van der Waals surface area contributed by atoms with E-state index >= 15 is 0 Å². The van der Waals surface area contributed by atoms with Gasteiger partial charge in [-0.1, -0.05) is 37.6 Å². The lowest BCUT2D eigenvalue weighted by molar-refractivity contribution is 0.141. The highest BCUT2D eigenvalue weighted by Gasteiger charge is 2.11. The van der Waals surface area contributed by atoms with E-state index in [0.29, 0.717) is 0 Å². The van der Waals surface area contributed by atoms with Crippen molar-refractivity contribution in [3.8, 4) is 0 Å². The molecule has 0 heterocycles. The predicted octanol–water partition coefficient (Wildman–Crippen LogP) is 2.55. The molecule has 16 heavy (non-hydrogen) atoms. The maximum atomic E-state index is 5.97. The van der Waals surface area contributed by atoms with E-state index in [-0.39, 0.29) is 5.60 Å². The Kier molecular flexibility index (Phi) is 5.23. The first-order valence-corrected chi connectivity index (χ1v) is 7.52. The molecule has 2 heteroatoms. The molecule has 1 aromatic rings. The average molecular weight is 236 g/mol. The van der Waals surface area contributed by atoms with E-state index in [1.807, 2.05) is 0 Å². The second-order valence-electron chi connectivity index (χ2n) is 5.27. The average Bonchev–Trinajstić information content (AvgIpc) is 2.23. The Bertz CT molecular complexity index is 315. The van der Waals surface area contributed by atoms with Gasteiger partial charge in [0.1, 0.15) is 0 Å². The minimum atomic E-state index is -0.572. The van der Waals surface area contributed by atoms with Gasteiger partial charge in [0, 0.05) is 5.60 Å². The second-order valence-corrected chi connectivity index (χ2v) is 6.61. The number of benzene rings is 1. The minimum absolute atomic E-state index is 0.00406. The number of hydrogen-bond donors (Lipinski definition) is 0. The summed E-state index contributed by atoms with van der Waals surface area (Å²) in [7, 11) is -0.572. The maximum absolute atomic E-state index is 5.97. The van der Waals surface area contributed by atoms with E-state index in [4.69, 9.17) is 4.43 Å². The fraction of sp³-hybridized carbons (Fsp3) is 0.571. The van der Waals surface area contributed by atoms with Crippen molar-refractivity contribution in [3.63, 3.8) is 0 Å². The van der Waals surface area contributed by atoms with Crippen LogP contribution in [0.4, 0.5) is 0 Å². The van der Waals surface area contributed by atoms with Gasteiger partial charge in [-0.15, -0.1) is 0 Å². The molecule has 0 saturated carbocycles. The largest absolute Gasteiger partial charge is 0.414 e. The van der Waals surface area contributed by atoms with Gasteiger partial charge in [-0.05, 0) is 44.4 Å². The molecular formula is C14H24OSi. The quantitative estimate of drug-likeness (QED) is 0.714. The van der Waals surface area contributed by atoms with Crippen LogP contribution in [-0.2, 0) is 10.8 Å². The Morgan fingerprint density at radius 1 is 1.19 bits per heavy atom. The van der Waals surface area contributed by atoms with E-state index in [2.05, 4.69) is 52.0 Å². The van der Waals surface area contributed by atoms with Crippen molar-refractivity contribution in [2.24, 2.45) is 0 Å². The van der Waals surface area contributed by atoms with Gasteiger partial charge < -0.3 is 4.43 Å². The molecule has 0 N–H and O–H groups in total. The third-order valence-electron chi connectivity index (χ3n) is 2.58. The van der Waals surface area contributed by atoms with Crippen LogP contribution < -0.4 is 5.19 Å². The highest BCUT2D eigenvalue weighted by Crippen LogP contribution is 2.07. The van der Waals surface area contributed by atoms with E-state index in [1.165, 1.54) is 30.0 Å². The molecule has 1 nitrogen and oxygen atoms in total. The lowest BCUT2D eigenvalue weighted by Crippen LogP contribution is -2.30. The summed E-state index contributed by atoms with van der Waals surface area (Å²) in [5.74, 6) is 0. The molecule has 1 aromatic carbocycles. The molecule has 0 saturated heterocycles. The number of rotatable bonds is 5. The van der Waals surface area contributed by atoms with Crippen LogP contribution in [-0.4, -0.2) is 15.4 Å². The van der Waals surface area contributed by atoms with Crippen molar-refractivity contribution in [2.75, 3.05) is 0 Å². The molecule has 0 amide bonds. The fourth-order valence-corrected chi connectivity index (χ4v) is 2.90. The molecule has 0 aliphatic rings. The summed E-state index contributed by atoms with van der Waals surface area (Å²) < 4.78 is 5.97. The molecule has 0 atom stereocenters. The second kappa shape index (κ2) is 6.21. The summed E-state index contributed by atoms with van der Waals surface area (Å²) >= 11 is 0. The van der Waals surface area contributed by atoms with Crippen molar-refractivity contribution in [1.29, 1.82) is 0 Å². The van der Waals surface area contributed by atoms with E-state index in [1.54, 1.807) is 0 Å². The molecule has 0 aliphatic carbocycles. The molecule has 0 aliphatic heterocycles. The zero-order valence-electron chi connectivity index (χ0n) is 11.0. The van der Waals surface area contributed by atoms with Crippen LogP contribution in [0, 0.1) is 0 Å². The number of aryl methyl sites for hydroxylation is 1. The zero-order chi connectivity index (χ0) is 12.0. The molecule has 0 fully saturated rings. The van der Waals surface area contributed by atoms with Gasteiger partial charge in [-0.3, -0.25) is 0 Å². The molecule has 0 bridgehead atoms. The summed E-state index contributed by atoms with van der Waals surface area (Å²) in [6.07, 6.45) is 3.74. The van der Waals surface area contributed by atoms with E-state index in [0.717, 1.165) is 0 Å². The van der Waals surface area contributed by atoms with Gasteiger partial charge in [0.25, 0.3) is 0 Å².